The van der Waals surface area contributed by atoms with Crippen molar-refractivity contribution in [3.8, 4) is 0 Å². The van der Waals surface area contributed by atoms with Gasteiger partial charge in [-0.25, -0.2) is 9.07 Å². The summed E-state index contributed by atoms with van der Waals surface area (Å²) in [5.41, 5.74) is 1.71. The molecule has 166 valence electrons. The van der Waals surface area contributed by atoms with Crippen LogP contribution < -0.4 is 10.6 Å². The Labute approximate surface area is 184 Å². The van der Waals surface area contributed by atoms with E-state index >= 15 is 0 Å². The average molecular weight is 436 g/mol. The standard InChI is InChI=1S/C24H25FN4O3/c1-24(32,15-6-8-16(25)9-7-15)22-13-26-27-29(22)17-10-11-21-19(12-23(30)31)18-4-2-3-5-20(18)28(21)14-17/h4-9,13,17,32H,2-3,10-12,14H2,1H3,(H,30,31). The summed E-state index contributed by atoms with van der Waals surface area (Å²) in [6.45, 7) is 2.28. The van der Waals surface area contributed by atoms with Crippen LogP contribution in [-0.4, -0.2) is 35.7 Å². The van der Waals surface area contributed by atoms with Crippen LogP contribution in [0.15, 0.2) is 30.5 Å². The highest BCUT2D eigenvalue weighted by Crippen LogP contribution is 2.33. The highest BCUT2D eigenvalue weighted by atomic mass is 19.1. The number of hydrogen-bond acceptors (Lipinski definition) is 4. The SMILES string of the molecule is CC(O)(c1ccc(F)cc1)c1cnnn1C1CCc2c(CC(=O)O)c3c(n2C1)=CCCC=3. The van der Waals surface area contributed by atoms with E-state index in [4.69, 9.17) is 0 Å². The van der Waals surface area contributed by atoms with Gasteiger partial charge in [-0.2, -0.15) is 0 Å². The first-order valence-corrected chi connectivity index (χ1v) is 10.9. The summed E-state index contributed by atoms with van der Waals surface area (Å²) >= 11 is 0. The zero-order valence-corrected chi connectivity index (χ0v) is 17.8. The smallest absolute Gasteiger partial charge is 0.307 e. The Kier molecular flexibility index (Phi) is 4.97. The van der Waals surface area contributed by atoms with Gasteiger partial charge in [-0.3, -0.25) is 4.79 Å². The van der Waals surface area contributed by atoms with Crippen molar-refractivity contribution in [3.05, 3.63) is 69.4 Å². The molecule has 5 rings (SSSR count). The van der Waals surface area contributed by atoms with E-state index in [0.717, 1.165) is 47.5 Å². The van der Waals surface area contributed by atoms with Gasteiger partial charge in [0.2, 0.25) is 0 Å². The van der Waals surface area contributed by atoms with E-state index in [-0.39, 0.29) is 18.3 Å². The molecule has 1 aromatic carbocycles. The molecule has 32 heavy (non-hydrogen) atoms. The molecule has 2 unspecified atom stereocenters. The molecule has 0 fully saturated rings. The van der Waals surface area contributed by atoms with Gasteiger partial charge < -0.3 is 14.8 Å². The lowest BCUT2D eigenvalue weighted by atomic mass is 9.92. The summed E-state index contributed by atoms with van der Waals surface area (Å²) in [7, 11) is 0. The summed E-state index contributed by atoms with van der Waals surface area (Å²) in [5, 5.41) is 31.3. The van der Waals surface area contributed by atoms with Crippen molar-refractivity contribution in [1.82, 2.24) is 19.6 Å². The van der Waals surface area contributed by atoms with E-state index in [2.05, 4.69) is 27.0 Å². The molecule has 0 bridgehead atoms. The third-order valence-electron chi connectivity index (χ3n) is 6.68. The molecule has 0 spiro atoms. The predicted molar refractivity (Wildman–Crippen MR) is 116 cm³/mol. The molecule has 2 atom stereocenters. The lowest BCUT2D eigenvalue weighted by molar-refractivity contribution is -0.136. The van der Waals surface area contributed by atoms with Crippen LogP contribution in [0.3, 0.4) is 0 Å². The van der Waals surface area contributed by atoms with Gasteiger partial charge >= 0.3 is 5.97 Å². The highest BCUT2D eigenvalue weighted by molar-refractivity contribution is 5.71. The van der Waals surface area contributed by atoms with Gasteiger partial charge in [-0.15, -0.1) is 5.10 Å². The van der Waals surface area contributed by atoms with E-state index in [0.29, 0.717) is 17.8 Å². The summed E-state index contributed by atoms with van der Waals surface area (Å²) in [4.78, 5) is 11.5. The van der Waals surface area contributed by atoms with Crippen LogP contribution >= 0.6 is 0 Å². The maximum Gasteiger partial charge on any atom is 0.307 e. The maximum absolute atomic E-state index is 13.4. The zero-order valence-electron chi connectivity index (χ0n) is 17.8. The van der Waals surface area contributed by atoms with Gasteiger partial charge in [0.05, 0.1) is 24.4 Å². The molecular weight excluding hydrogens is 411 g/mol. The van der Waals surface area contributed by atoms with Crippen molar-refractivity contribution < 1.29 is 19.4 Å². The molecule has 1 aliphatic heterocycles. The second-order valence-corrected chi connectivity index (χ2v) is 8.73. The lowest BCUT2D eigenvalue weighted by Gasteiger charge is -2.31. The molecule has 2 aromatic heterocycles. The number of halogens is 1. The molecule has 3 heterocycles. The average Bonchev–Trinajstić information content (AvgIpc) is 3.38. The summed E-state index contributed by atoms with van der Waals surface area (Å²) < 4.78 is 17.4. The summed E-state index contributed by atoms with van der Waals surface area (Å²) in [5.74, 6) is -1.19. The first-order valence-electron chi connectivity index (χ1n) is 10.9. The quantitative estimate of drug-likeness (QED) is 0.634. The minimum absolute atomic E-state index is 0.0214. The number of aliphatic carboxylic acids is 1. The lowest BCUT2D eigenvalue weighted by Crippen LogP contribution is -2.37. The highest BCUT2D eigenvalue weighted by Gasteiger charge is 2.34. The Bertz CT molecular complexity index is 1300. The number of carboxylic acid groups (broad SMARTS) is 1. The molecule has 2 N–H and O–H groups in total. The third-order valence-corrected chi connectivity index (χ3v) is 6.68. The van der Waals surface area contributed by atoms with Gasteiger partial charge in [0.1, 0.15) is 11.4 Å². The molecule has 2 aliphatic rings. The minimum Gasteiger partial charge on any atom is -0.481 e. The van der Waals surface area contributed by atoms with E-state index < -0.39 is 11.6 Å². The van der Waals surface area contributed by atoms with Gasteiger partial charge in [0.15, 0.2) is 0 Å². The Morgan fingerprint density at radius 1 is 1.25 bits per heavy atom. The molecule has 0 amide bonds. The van der Waals surface area contributed by atoms with Crippen LogP contribution in [0.4, 0.5) is 4.39 Å². The molecule has 0 radical (unpaired) electrons. The first kappa shape index (κ1) is 20.6. The molecule has 0 saturated carbocycles. The molecule has 1 aliphatic carbocycles. The van der Waals surface area contributed by atoms with Crippen molar-refractivity contribution in [2.24, 2.45) is 0 Å². The number of fused-ring (bicyclic) bond motifs is 3. The fourth-order valence-electron chi connectivity index (χ4n) is 5.09. The molecule has 8 heteroatoms. The minimum atomic E-state index is -1.39. The van der Waals surface area contributed by atoms with Gasteiger partial charge in [-0.1, -0.05) is 29.5 Å². The fraction of sp³-hybridized carbons (Fsp3) is 0.375. The van der Waals surface area contributed by atoms with Gasteiger partial charge in [0, 0.05) is 17.6 Å². The Morgan fingerprint density at radius 3 is 2.75 bits per heavy atom. The van der Waals surface area contributed by atoms with Gasteiger partial charge in [-0.05, 0) is 61.1 Å². The third kappa shape index (κ3) is 3.35. The molecule has 7 nitrogen and oxygen atoms in total. The van der Waals surface area contributed by atoms with Crippen molar-refractivity contribution in [1.29, 1.82) is 0 Å². The van der Waals surface area contributed by atoms with E-state index in [1.165, 1.54) is 12.1 Å². The van der Waals surface area contributed by atoms with Crippen molar-refractivity contribution in [2.75, 3.05) is 0 Å². The Balaban J connectivity index is 1.54. The van der Waals surface area contributed by atoms with Crippen LogP contribution in [-0.2, 0) is 29.8 Å². The maximum atomic E-state index is 13.4. The molecule has 0 saturated heterocycles. The monoisotopic (exact) mass is 436 g/mol. The molecule has 3 aromatic rings. The Morgan fingerprint density at radius 2 is 2.00 bits per heavy atom. The number of hydrogen-bond donors (Lipinski definition) is 2. The Hall–Kier alpha value is -3.26. The number of nitrogens with zero attached hydrogens (tertiary/aromatic N) is 4. The van der Waals surface area contributed by atoms with Gasteiger partial charge in [0.25, 0.3) is 0 Å². The molecular formula is C24H25FN4O3. The predicted octanol–water partition coefficient (Wildman–Crippen LogP) is 1.64. The number of aliphatic hydroxyl groups is 1. The summed E-state index contributed by atoms with van der Waals surface area (Å²) in [6, 6.07) is 5.74. The van der Waals surface area contributed by atoms with Crippen LogP contribution in [0.2, 0.25) is 0 Å². The first-order chi connectivity index (χ1) is 15.4. The van der Waals surface area contributed by atoms with Crippen LogP contribution in [0, 0.1) is 5.82 Å². The van der Waals surface area contributed by atoms with Crippen molar-refractivity contribution >= 4 is 18.1 Å². The van der Waals surface area contributed by atoms with Crippen molar-refractivity contribution in [2.45, 2.75) is 57.2 Å². The van der Waals surface area contributed by atoms with Crippen LogP contribution in [0.25, 0.3) is 12.2 Å². The number of carboxylic acids is 1. The number of benzene rings is 1. The second-order valence-electron chi connectivity index (χ2n) is 8.73. The largest absolute Gasteiger partial charge is 0.481 e. The second kappa shape index (κ2) is 7.70. The number of carbonyl (C=O) groups is 1. The summed E-state index contributed by atoms with van der Waals surface area (Å²) in [6.07, 6.45) is 9.23. The van der Waals surface area contributed by atoms with E-state index in [9.17, 15) is 19.4 Å². The number of rotatable bonds is 5. The zero-order chi connectivity index (χ0) is 22.5. The van der Waals surface area contributed by atoms with Crippen LogP contribution in [0.1, 0.15) is 54.7 Å². The fourth-order valence-corrected chi connectivity index (χ4v) is 5.09. The topological polar surface area (TPSA) is 93.2 Å². The van der Waals surface area contributed by atoms with E-state index in [1.807, 2.05) is 0 Å². The van der Waals surface area contributed by atoms with Crippen molar-refractivity contribution in [3.63, 3.8) is 0 Å². The van der Waals surface area contributed by atoms with Crippen LogP contribution in [0.5, 0.6) is 0 Å². The normalized spacial score (nSPS) is 19.3. The number of aromatic nitrogens is 4. The van der Waals surface area contributed by atoms with E-state index in [1.54, 1.807) is 29.9 Å².